The molecular formula is C23H24FNO3S. The number of nitrogens with zero attached hydrogens (tertiary/aromatic N) is 1. The molecule has 2 aromatic rings. The molecule has 0 heterocycles. The van der Waals surface area contributed by atoms with Gasteiger partial charge < -0.3 is 9.94 Å². The highest BCUT2D eigenvalue weighted by atomic mass is 32.2. The Morgan fingerprint density at radius 2 is 2.00 bits per heavy atom. The van der Waals surface area contributed by atoms with Gasteiger partial charge in [-0.15, -0.1) is 0 Å². The number of halogens is 1. The lowest BCUT2D eigenvalue weighted by Crippen LogP contribution is -1.96. The van der Waals surface area contributed by atoms with Crippen LogP contribution in [0.4, 0.5) is 4.39 Å². The zero-order valence-electron chi connectivity index (χ0n) is 16.5. The van der Waals surface area contributed by atoms with Crippen LogP contribution in [0.1, 0.15) is 35.1 Å². The first-order valence-corrected chi connectivity index (χ1v) is 11.0. The standard InChI is InChI=1S/C23H24FNO3S/c1-16-12-23(29(2)27)22(24)15-18(16)14-19-13-17(8-11-28-25-9-5-10-26)20-6-3-4-7-21(19)20/h3-4,6-7,9,12-15,26H,5,8,10-11H2,1-2H3/b19-14-,25-9?. The summed E-state index contributed by atoms with van der Waals surface area (Å²) in [6.45, 7) is 2.38. The van der Waals surface area contributed by atoms with Gasteiger partial charge in [-0.05, 0) is 58.5 Å². The van der Waals surface area contributed by atoms with Gasteiger partial charge >= 0.3 is 0 Å². The van der Waals surface area contributed by atoms with E-state index in [2.05, 4.69) is 17.3 Å². The summed E-state index contributed by atoms with van der Waals surface area (Å²) < 4.78 is 26.0. The average Bonchev–Trinajstić information content (AvgIpc) is 3.04. The SMILES string of the molecule is Cc1cc(S(C)=O)c(F)cc1/C=C1/C=C(CCON=CCCO)c2ccccc21. The Hall–Kier alpha value is -2.57. The summed E-state index contributed by atoms with van der Waals surface area (Å²) in [4.78, 5) is 5.48. The number of aliphatic hydroxyl groups is 1. The van der Waals surface area contributed by atoms with E-state index in [1.165, 1.54) is 12.3 Å². The van der Waals surface area contributed by atoms with Gasteiger partial charge in [-0.3, -0.25) is 4.21 Å². The second-order valence-electron chi connectivity index (χ2n) is 6.79. The van der Waals surface area contributed by atoms with E-state index in [1.807, 2.05) is 31.2 Å². The molecule has 6 heteroatoms. The quantitative estimate of drug-likeness (QED) is 0.391. The smallest absolute Gasteiger partial charge is 0.139 e. The third-order valence-electron chi connectivity index (χ3n) is 4.72. The van der Waals surface area contributed by atoms with E-state index in [4.69, 9.17) is 9.94 Å². The van der Waals surface area contributed by atoms with Crippen molar-refractivity contribution in [3.63, 3.8) is 0 Å². The van der Waals surface area contributed by atoms with Crippen LogP contribution in [0.25, 0.3) is 17.2 Å². The Morgan fingerprint density at radius 3 is 2.72 bits per heavy atom. The topological polar surface area (TPSA) is 58.9 Å². The summed E-state index contributed by atoms with van der Waals surface area (Å²) >= 11 is 0. The fourth-order valence-corrected chi connectivity index (χ4v) is 3.95. The molecule has 0 fully saturated rings. The van der Waals surface area contributed by atoms with Gasteiger partial charge in [0, 0.05) is 31.9 Å². The number of allylic oxidation sites excluding steroid dienone is 2. The van der Waals surface area contributed by atoms with E-state index >= 15 is 0 Å². The lowest BCUT2D eigenvalue weighted by Gasteiger charge is -2.07. The molecule has 0 aliphatic heterocycles. The normalized spacial score (nSPS) is 15.6. The molecular weight excluding hydrogens is 389 g/mol. The molecule has 0 saturated carbocycles. The van der Waals surface area contributed by atoms with Gasteiger partial charge in [-0.25, -0.2) is 4.39 Å². The van der Waals surface area contributed by atoms with E-state index in [0.29, 0.717) is 19.4 Å². The predicted octanol–water partition coefficient (Wildman–Crippen LogP) is 4.58. The van der Waals surface area contributed by atoms with E-state index in [0.717, 1.165) is 33.4 Å². The van der Waals surface area contributed by atoms with Crippen LogP contribution in [-0.4, -0.2) is 35.0 Å². The van der Waals surface area contributed by atoms with Crippen molar-refractivity contribution in [3.05, 3.63) is 70.5 Å². The molecule has 0 saturated heterocycles. The summed E-state index contributed by atoms with van der Waals surface area (Å²) in [5, 5.41) is 12.5. The maximum atomic E-state index is 14.3. The van der Waals surface area contributed by atoms with Crippen molar-refractivity contribution < 1.29 is 18.5 Å². The van der Waals surface area contributed by atoms with Crippen molar-refractivity contribution >= 4 is 34.2 Å². The van der Waals surface area contributed by atoms with Gasteiger partial charge in [0.2, 0.25) is 0 Å². The maximum Gasteiger partial charge on any atom is 0.139 e. The minimum Gasteiger partial charge on any atom is -0.396 e. The van der Waals surface area contributed by atoms with Crippen LogP contribution in [0.15, 0.2) is 52.5 Å². The van der Waals surface area contributed by atoms with Crippen LogP contribution in [0.5, 0.6) is 0 Å². The second-order valence-corrected chi connectivity index (χ2v) is 8.14. The second kappa shape index (κ2) is 9.76. The zero-order valence-corrected chi connectivity index (χ0v) is 17.3. The molecule has 1 aliphatic rings. The van der Waals surface area contributed by atoms with Gasteiger partial charge in [0.25, 0.3) is 0 Å². The number of oxime groups is 1. The van der Waals surface area contributed by atoms with E-state index in [1.54, 1.807) is 12.3 Å². The molecule has 4 nitrogen and oxygen atoms in total. The molecule has 0 bridgehead atoms. The molecule has 2 aromatic carbocycles. The van der Waals surface area contributed by atoms with Crippen LogP contribution >= 0.6 is 0 Å². The molecule has 0 radical (unpaired) electrons. The molecule has 1 aliphatic carbocycles. The first-order chi connectivity index (χ1) is 14.0. The third kappa shape index (κ3) is 5.08. The highest BCUT2D eigenvalue weighted by Gasteiger charge is 2.18. The highest BCUT2D eigenvalue weighted by Crippen LogP contribution is 2.38. The molecule has 0 aromatic heterocycles. The number of hydrogen-bond donors (Lipinski definition) is 1. The molecule has 3 rings (SSSR count). The predicted molar refractivity (Wildman–Crippen MR) is 117 cm³/mol. The van der Waals surface area contributed by atoms with Crippen molar-refractivity contribution in [2.75, 3.05) is 19.5 Å². The molecule has 0 spiro atoms. The van der Waals surface area contributed by atoms with Crippen LogP contribution < -0.4 is 0 Å². The summed E-state index contributed by atoms with van der Waals surface area (Å²) in [6.07, 6.45) is 8.24. The zero-order chi connectivity index (χ0) is 20.8. The van der Waals surface area contributed by atoms with Gasteiger partial charge in [-0.1, -0.05) is 35.5 Å². The summed E-state index contributed by atoms with van der Waals surface area (Å²) in [5.74, 6) is -0.451. The van der Waals surface area contributed by atoms with Crippen molar-refractivity contribution in [1.82, 2.24) is 0 Å². The molecule has 1 atom stereocenters. The van der Waals surface area contributed by atoms with Gasteiger partial charge in [-0.2, -0.15) is 0 Å². The van der Waals surface area contributed by atoms with Crippen LogP contribution in [0.3, 0.4) is 0 Å². The molecule has 1 N–H and O–H groups in total. The minimum atomic E-state index is -1.36. The van der Waals surface area contributed by atoms with Crippen molar-refractivity contribution in [3.8, 4) is 0 Å². The Bertz CT molecular complexity index is 1010. The lowest BCUT2D eigenvalue weighted by atomic mass is 10.0. The summed E-state index contributed by atoms with van der Waals surface area (Å²) in [7, 11) is -1.36. The maximum absolute atomic E-state index is 14.3. The minimum absolute atomic E-state index is 0.0503. The number of aliphatic hydroxyl groups excluding tert-OH is 1. The fraction of sp³-hybridized carbons (Fsp3) is 0.261. The van der Waals surface area contributed by atoms with Gasteiger partial charge in [0.1, 0.15) is 12.4 Å². The number of benzene rings is 2. The Labute approximate surface area is 172 Å². The fourth-order valence-electron chi connectivity index (χ4n) is 3.27. The highest BCUT2D eigenvalue weighted by molar-refractivity contribution is 7.84. The van der Waals surface area contributed by atoms with Crippen LogP contribution in [0, 0.1) is 12.7 Å². The van der Waals surface area contributed by atoms with E-state index in [-0.39, 0.29) is 11.5 Å². The molecule has 0 amide bonds. The van der Waals surface area contributed by atoms with E-state index < -0.39 is 16.6 Å². The van der Waals surface area contributed by atoms with Crippen LogP contribution in [0.2, 0.25) is 0 Å². The molecule has 152 valence electrons. The Balaban J connectivity index is 1.86. The number of aryl methyl sites for hydroxylation is 1. The van der Waals surface area contributed by atoms with Crippen molar-refractivity contribution in [1.29, 1.82) is 0 Å². The number of fused-ring (bicyclic) bond motifs is 1. The monoisotopic (exact) mass is 413 g/mol. The van der Waals surface area contributed by atoms with Gasteiger partial charge in [0.05, 0.1) is 15.7 Å². The lowest BCUT2D eigenvalue weighted by molar-refractivity contribution is 0.151. The molecule has 29 heavy (non-hydrogen) atoms. The number of hydrogen-bond acceptors (Lipinski definition) is 4. The summed E-state index contributed by atoms with van der Waals surface area (Å²) in [5.41, 5.74) is 6.01. The Morgan fingerprint density at radius 1 is 1.24 bits per heavy atom. The third-order valence-corrected chi connectivity index (χ3v) is 5.66. The first kappa shape index (κ1) is 21.1. The van der Waals surface area contributed by atoms with Crippen LogP contribution in [-0.2, 0) is 15.6 Å². The summed E-state index contributed by atoms with van der Waals surface area (Å²) in [6, 6.07) is 11.2. The van der Waals surface area contributed by atoms with Gasteiger partial charge in [0.15, 0.2) is 0 Å². The average molecular weight is 414 g/mol. The number of rotatable bonds is 8. The van der Waals surface area contributed by atoms with Crippen molar-refractivity contribution in [2.24, 2.45) is 5.16 Å². The first-order valence-electron chi connectivity index (χ1n) is 9.41. The largest absolute Gasteiger partial charge is 0.396 e. The van der Waals surface area contributed by atoms with E-state index in [9.17, 15) is 8.60 Å². The van der Waals surface area contributed by atoms with Crippen molar-refractivity contribution in [2.45, 2.75) is 24.7 Å². The Kier molecular flexibility index (Phi) is 7.12. The molecule has 1 unspecified atom stereocenters.